The van der Waals surface area contributed by atoms with Crippen LogP contribution in [0.15, 0.2) is 48.7 Å². The maximum atomic E-state index is 6.15. The lowest BCUT2D eigenvalue weighted by atomic mass is 10.0. The number of aromatic nitrogens is 1. The molecule has 1 fully saturated rings. The van der Waals surface area contributed by atoms with Gasteiger partial charge < -0.3 is 5.73 Å². The zero-order valence-electron chi connectivity index (χ0n) is 9.71. The largest absolute Gasteiger partial charge is 0.324 e. The molecule has 3 rings (SSSR count). The minimum absolute atomic E-state index is 0.173. The van der Waals surface area contributed by atoms with E-state index < -0.39 is 0 Å². The summed E-state index contributed by atoms with van der Waals surface area (Å²) in [5.74, 6) is 0.680. The van der Waals surface area contributed by atoms with E-state index in [2.05, 4.69) is 29.2 Å². The first-order valence-electron chi connectivity index (χ1n) is 6.11. The highest BCUT2D eigenvalue weighted by Crippen LogP contribution is 2.39. The molecule has 2 aromatic rings. The molecule has 0 amide bonds. The Labute approximate surface area is 102 Å². The second-order valence-electron chi connectivity index (χ2n) is 4.71. The standard InChI is InChI=1S/C15H16N2/c16-15(12-6-7-12)13-8-9-14(17-10-13)11-4-2-1-3-5-11/h1-5,8-10,12,15H,6-7,16H2. The maximum absolute atomic E-state index is 6.15. The van der Waals surface area contributed by atoms with Crippen molar-refractivity contribution in [3.8, 4) is 11.3 Å². The molecule has 1 atom stereocenters. The number of pyridine rings is 1. The molecule has 1 aromatic heterocycles. The molecule has 0 saturated heterocycles. The Balaban J connectivity index is 1.85. The molecule has 1 unspecified atom stereocenters. The van der Waals surface area contributed by atoms with Gasteiger partial charge in [-0.1, -0.05) is 36.4 Å². The summed E-state index contributed by atoms with van der Waals surface area (Å²) in [6.45, 7) is 0. The molecular formula is C15H16N2. The van der Waals surface area contributed by atoms with E-state index in [-0.39, 0.29) is 6.04 Å². The molecule has 0 radical (unpaired) electrons. The molecule has 1 saturated carbocycles. The van der Waals surface area contributed by atoms with Gasteiger partial charge in [-0.15, -0.1) is 0 Å². The van der Waals surface area contributed by atoms with Crippen molar-refractivity contribution in [1.82, 2.24) is 4.98 Å². The lowest BCUT2D eigenvalue weighted by molar-refractivity contribution is 0.631. The van der Waals surface area contributed by atoms with Crippen molar-refractivity contribution in [3.05, 3.63) is 54.2 Å². The van der Waals surface area contributed by atoms with Crippen LogP contribution in [-0.4, -0.2) is 4.98 Å². The van der Waals surface area contributed by atoms with Gasteiger partial charge >= 0.3 is 0 Å². The molecule has 1 aliphatic rings. The molecule has 2 nitrogen and oxygen atoms in total. The molecule has 1 heterocycles. The van der Waals surface area contributed by atoms with E-state index in [1.807, 2.05) is 24.4 Å². The van der Waals surface area contributed by atoms with Gasteiger partial charge in [0.05, 0.1) is 5.69 Å². The number of hydrogen-bond donors (Lipinski definition) is 1. The third-order valence-corrected chi connectivity index (χ3v) is 3.37. The molecule has 2 N–H and O–H groups in total. The van der Waals surface area contributed by atoms with Crippen LogP contribution in [0.4, 0.5) is 0 Å². The lowest BCUT2D eigenvalue weighted by Gasteiger charge is -2.10. The van der Waals surface area contributed by atoms with E-state index in [1.54, 1.807) is 0 Å². The number of nitrogens with zero attached hydrogens (tertiary/aromatic N) is 1. The molecule has 0 bridgehead atoms. The van der Waals surface area contributed by atoms with Crippen LogP contribution in [0, 0.1) is 5.92 Å². The van der Waals surface area contributed by atoms with Crippen LogP contribution in [0.3, 0.4) is 0 Å². The first kappa shape index (κ1) is 10.5. The first-order chi connectivity index (χ1) is 8.34. The zero-order chi connectivity index (χ0) is 11.7. The zero-order valence-corrected chi connectivity index (χ0v) is 9.71. The van der Waals surface area contributed by atoms with Gasteiger partial charge in [0.1, 0.15) is 0 Å². The van der Waals surface area contributed by atoms with Crippen molar-refractivity contribution < 1.29 is 0 Å². The highest BCUT2D eigenvalue weighted by molar-refractivity contribution is 5.58. The monoisotopic (exact) mass is 224 g/mol. The van der Waals surface area contributed by atoms with Gasteiger partial charge in [-0.25, -0.2) is 0 Å². The fourth-order valence-corrected chi connectivity index (χ4v) is 2.11. The summed E-state index contributed by atoms with van der Waals surface area (Å²) in [5, 5.41) is 0. The summed E-state index contributed by atoms with van der Waals surface area (Å²) in [5.41, 5.74) is 9.47. The van der Waals surface area contributed by atoms with Crippen molar-refractivity contribution in [3.63, 3.8) is 0 Å². The summed E-state index contributed by atoms with van der Waals surface area (Å²) in [6, 6.07) is 14.6. The number of rotatable bonds is 3. The van der Waals surface area contributed by atoms with Crippen LogP contribution < -0.4 is 5.73 Å². The quantitative estimate of drug-likeness (QED) is 0.869. The van der Waals surface area contributed by atoms with Gasteiger partial charge in [-0.2, -0.15) is 0 Å². The van der Waals surface area contributed by atoms with Crippen molar-refractivity contribution in [2.75, 3.05) is 0 Å². The van der Waals surface area contributed by atoms with Crippen LogP contribution in [0.1, 0.15) is 24.4 Å². The van der Waals surface area contributed by atoms with Gasteiger partial charge in [0.15, 0.2) is 0 Å². The average molecular weight is 224 g/mol. The molecule has 17 heavy (non-hydrogen) atoms. The number of nitrogens with two attached hydrogens (primary N) is 1. The van der Waals surface area contributed by atoms with Crippen molar-refractivity contribution in [1.29, 1.82) is 0 Å². The fourth-order valence-electron chi connectivity index (χ4n) is 2.11. The SMILES string of the molecule is NC(c1ccc(-c2ccccc2)nc1)C1CC1. The Morgan fingerprint density at radius 2 is 1.82 bits per heavy atom. The van der Waals surface area contributed by atoms with Crippen molar-refractivity contribution in [2.24, 2.45) is 11.7 Å². The van der Waals surface area contributed by atoms with Crippen LogP contribution in [0.25, 0.3) is 11.3 Å². The Morgan fingerprint density at radius 3 is 2.41 bits per heavy atom. The van der Waals surface area contributed by atoms with Crippen LogP contribution in [-0.2, 0) is 0 Å². The molecule has 0 aliphatic heterocycles. The molecule has 2 heteroatoms. The highest BCUT2D eigenvalue weighted by atomic mass is 14.7. The topological polar surface area (TPSA) is 38.9 Å². The Bertz CT molecular complexity index is 486. The van der Waals surface area contributed by atoms with Gasteiger partial charge in [-0.05, 0) is 30.4 Å². The Morgan fingerprint density at radius 1 is 1.06 bits per heavy atom. The van der Waals surface area contributed by atoms with Gasteiger partial charge in [-0.3, -0.25) is 4.98 Å². The molecular weight excluding hydrogens is 208 g/mol. The summed E-state index contributed by atoms with van der Waals surface area (Å²) >= 11 is 0. The Kier molecular flexibility index (Phi) is 2.65. The predicted molar refractivity (Wildman–Crippen MR) is 69.3 cm³/mol. The van der Waals surface area contributed by atoms with E-state index >= 15 is 0 Å². The minimum atomic E-state index is 0.173. The summed E-state index contributed by atoms with van der Waals surface area (Å²) in [6.07, 6.45) is 4.45. The lowest BCUT2D eigenvalue weighted by Crippen LogP contribution is -2.12. The average Bonchev–Trinajstić information content (AvgIpc) is 3.24. The maximum Gasteiger partial charge on any atom is 0.0702 e. The smallest absolute Gasteiger partial charge is 0.0702 e. The Hall–Kier alpha value is -1.67. The van der Waals surface area contributed by atoms with Crippen LogP contribution >= 0.6 is 0 Å². The minimum Gasteiger partial charge on any atom is -0.324 e. The molecule has 86 valence electrons. The van der Waals surface area contributed by atoms with E-state index in [0.29, 0.717) is 5.92 Å². The van der Waals surface area contributed by atoms with Gasteiger partial charge in [0.2, 0.25) is 0 Å². The van der Waals surface area contributed by atoms with Gasteiger partial charge in [0, 0.05) is 17.8 Å². The summed E-state index contributed by atoms with van der Waals surface area (Å²) in [4.78, 5) is 4.50. The second kappa shape index (κ2) is 4.30. The van der Waals surface area contributed by atoms with E-state index in [1.165, 1.54) is 12.8 Å². The predicted octanol–water partition coefficient (Wildman–Crippen LogP) is 3.16. The van der Waals surface area contributed by atoms with E-state index in [0.717, 1.165) is 16.8 Å². The third kappa shape index (κ3) is 2.22. The van der Waals surface area contributed by atoms with E-state index in [4.69, 9.17) is 5.73 Å². The fraction of sp³-hybridized carbons (Fsp3) is 0.267. The summed E-state index contributed by atoms with van der Waals surface area (Å²) in [7, 11) is 0. The summed E-state index contributed by atoms with van der Waals surface area (Å²) < 4.78 is 0. The molecule has 1 aromatic carbocycles. The van der Waals surface area contributed by atoms with Crippen molar-refractivity contribution >= 4 is 0 Å². The number of benzene rings is 1. The number of hydrogen-bond acceptors (Lipinski definition) is 2. The normalized spacial score (nSPS) is 16.8. The third-order valence-electron chi connectivity index (χ3n) is 3.37. The van der Waals surface area contributed by atoms with Gasteiger partial charge in [0.25, 0.3) is 0 Å². The second-order valence-corrected chi connectivity index (χ2v) is 4.71. The van der Waals surface area contributed by atoms with Crippen molar-refractivity contribution in [2.45, 2.75) is 18.9 Å². The first-order valence-corrected chi connectivity index (χ1v) is 6.11. The molecule has 0 spiro atoms. The highest BCUT2D eigenvalue weighted by Gasteiger charge is 2.29. The molecule has 1 aliphatic carbocycles. The van der Waals surface area contributed by atoms with E-state index in [9.17, 15) is 0 Å². The van der Waals surface area contributed by atoms with Crippen LogP contribution in [0.5, 0.6) is 0 Å². The van der Waals surface area contributed by atoms with Crippen LogP contribution in [0.2, 0.25) is 0 Å².